The molecule has 0 fully saturated rings. The zero-order chi connectivity index (χ0) is 19.9. The minimum Gasteiger partial charge on any atom is -0.468 e. The van der Waals surface area contributed by atoms with E-state index in [-0.39, 0.29) is 17.2 Å². The van der Waals surface area contributed by atoms with Crippen molar-refractivity contribution in [3.05, 3.63) is 54.0 Å². The van der Waals surface area contributed by atoms with E-state index in [2.05, 4.69) is 10.6 Å². The van der Waals surface area contributed by atoms with Crippen molar-refractivity contribution in [1.29, 1.82) is 0 Å². The lowest BCUT2D eigenvalue weighted by atomic mass is 10.2. The summed E-state index contributed by atoms with van der Waals surface area (Å²) in [6.45, 7) is 3.95. The molecule has 2 aromatic rings. The first-order chi connectivity index (χ1) is 12.9. The standard InChI is InChI=1S/C19H24N2O5S/c1-3-4-11-20-18(22)19(23)21-13-17(16-6-5-12-26-16)27(24,25)15-9-7-14(2)8-10-15/h5-10,12,17H,3-4,11,13H2,1-2H3,(H,20,22)(H,21,23)/t17-/m0/s1. The molecule has 0 saturated carbocycles. The lowest BCUT2D eigenvalue weighted by molar-refractivity contribution is -0.139. The number of hydrogen-bond donors (Lipinski definition) is 2. The molecule has 2 N–H and O–H groups in total. The van der Waals surface area contributed by atoms with Crippen LogP contribution in [0.25, 0.3) is 0 Å². The van der Waals surface area contributed by atoms with Crippen molar-refractivity contribution in [3.8, 4) is 0 Å². The van der Waals surface area contributed by atoms with Gasteiger partial charge < -0.3 is 15.1 Å². The van der Waals surface area contributed by atoms with Gasteiger partial charge in [0.2, 0.25) is 0 Å². The van der Waals surface area contributed by atoms with Crippen LogP contribution in [0.15, 0.2) is 52.0 Å². The van der Waals surface area contributed by atoms with Crippen LogP contribution in [0.2, 0.25) is 0 Å². The third-order valence-corrected chi connectivity index (χ3v) is 6.13. The molecular weight excluding hydrogens is 368 g/mol. The quantitative estimate of drug-likeness (QED) is 0.529. The average Bonchev–Trinajstić information content (AvgIpc) is 3.16. The van der Waals surface area contributed by atoms with E-state index in [1.54, 1.807) is 18.2 Å². The first-order valence-corrected chi connectivity index (χ1v) is 10.3. The van der Waals surface area contributed by atoms with Gasteiger partial charge in [0.05, 0.1) is 11.2 Å². The minimum absolute atomic E-state index is 0.121. The maximum absolute atomic E-state index is 13.0. The number of furan rings is 1. The van der Waals surface area contributed by atoms with Crippen LogP contribution < -0.4 is 10.6 Å². The van der Waals surface area contributed by atoms with Gasteiger partial charge in [-0.1, -0.05) is 31.0 Å². The molecule has 2 amide bonds. The SMILES string of the molecule is CCCCNC(=O)C(=O)NC[C@@H](c1ccco1)S(=O)(=O)c1ccc(C)cc1. The number of carbonyl (C=O) groups excluding carboxylic acids is 2. The number of carbonyl (C=O) groups is 2. The summed E-state index contributed by atoms with van der Waals surface area (Å²) in [4.78, 5) is 23.9. The first-order valence-electron chi connectivity index (χ1n) is 8.76. The second kappa shape index (κ2) is 9.36. The van der Waals surface area contributed by atoms with Crippen LogP contribution in [0.3, 0.4) is 0 Å². The summed E-state index contributed by atoms with van der Waals surface area (Å²) in [6, 6.07) is 9.54. The zero-order valence-corrected chi connectivity index (χ0v) is 16.2. The fourth-order valence-electron chi connectivity index (χ4n) is 2.45. The van der Waals surface area contributed by atoms with Gasteiger partial charge in [-0.25, -0.2) is 8.42 Å². The predicted octanol–water partition coefficient (Wildman–Crippen LogP) is 2.14. The molecule has 0 saturated heterocycles. The number of rotatable bonds is 8. The van der Waals surface area contributed by atoms with E-state index < -0.39 is 26.9 Å². The molecule has 7 nitrogen and oxygen atoms in total. The van der Waals surface area contributed by atoms with Gasteiger partial charge in [-0.2, -0.15) is 0 Å². The predicted molar refractivity (Wildman–Crippen MR) is 101 cm³/mol. The second-order valence-corrected chi connectivity index (χ2v) is 8.31. The summed E-state index contributed by atoms with van der Waals surface area (Å²) in [6.07, 6.45) is 3.01. The number of amides is 2. The summed E-state index contributed by atoms with van der Waals surface area (Å²) in [5.41, 5.74) is 0.931. The number of unbranched alkanes of at least 4 members (excludes halogenated alkanes) is 1. The average molecular weight is 392 g/mol. The zero-order valence-electron chi connectivity index (χ0n) is 15.4. The highest BCUT2D eigenvalue weighted by atomic mass is 32.2. The molecule has 0 unspecified atom stereocenters. The van der Waals surface area contributed by atoms with Crippen molar-refractivity contribution in [2.45, 2.75) is 36.8 Å². The van der Waals surface area contributed by atoms with Crippen molar-refractivity contribution in [1.82, 2.24) is 10.6 Å². The topological polar surface area (TPSA) is 105 Å². The van der Waals surface area contributed by atoms with E-state index in [1.807, 2.05) is 13.8 Å². The molecule has 1 heterocycles. The lowest BCUT2D eigenvalue weighted by Crippen LogP contribution is -2.42. The monoisotopic (exact) mass is 392 g/mol. The molecule has 2 rings (SSSR count). The van der Waals surface area contributed by atoms with Crippen LogP contribution in [-0.2, 0) is 19.4 Å². The summed E-state index contributed by atoms with van der Waals surface area (Å²) < 4.78 is 31.3. The van der Waals surface area contributed by atoms with Crippen LogP contribution in [-0.4, -0.2) is 33.3 Å². The highest BCUT2D eigenvalue weighted by Gasteiger charge is 2.32. The minimum atomic E-state index is -3.82. The van der Waals surface area contributed by atoms with Crippen molar-refractivity contribution in [2.24, 2.45) is 0 Å². The van der Waals surface area contributed by atoms with E-state index in [0.29, 0.717) is 6.54 Å². The van der Waals surface area contributed by atoms with Gasteiger partial charge in [0.1, 0.15) is 11.0 Å². The third-order valence-electron chi connectivity index (χ3n) is 4.05. The highest BCUT2D eigenvalue weighted by Crippen LogP contribution is 2.29. The maximum Gasteiger partial charge on any atom is 0.309 e. The Bertz CT molecular complexity index is 858. The number of aryl methyl sites for hydroxylation is 1. The van der Waals surface area contributed by atoms with Gasteiger partial charge in [0.15, 0.2) is 9.84 Å². The summed E-state index contributed by atoms with van der Waals surface area (Å²) in [5.74, 6) is -1.46. The van der Waals surface area contributed by atoms with Gasteiger partial charge in [0, 0.05) is 13.1 Å². The molecule has 27 heavy (non-hydrogen) atoms. The molecule has 8 heteroatoms. The highest BCUT2D eigenvalue weighted by molar-refractivity contribution is 7.91. The molecule has 1 aromatic carbocycles. The van der Waals surface area contributed by atoms with Crippen LogP contribution in [0.5, 0.6) is 0 Å². The van der Waals surface area contributed by atoms with Gasteiger partial charge in [-0.05, 0) is 37.6 Å². The van der Waals surface area contributed by atoms with Gasteiger partial charge in [-0.3, -0.25) is 9.59 Å². The van der Waals surface area contributed by atoms with Crippen molar-refractivity contribution < 1.29 is 22.4 Å². The van der Waals surface area contributed by atoms with E-state index in [1.165, 1.54) is 24.5 Å². The lowest BCUT2D eigenvalue weighted by Gasteiger charge is -2.16. The Morgan fingerprint density at radius 1 is 1.07 bits per heavy atom. The Balaban J connectivity index is 2.15. The molecule has 0 spiro atoms. The van der Waals surface area contributed by atoms with E-state index in [9.17, 15) is 18.0 Å². The second-order valence-electron chi connectivity index (χ2n) is 6.18. The number of sulfone groups is 1. The van der Waals surface area contributed by atoms with E-state index in [0.717, 1.165) is 18.4 Å². The molecule has 1 atom stereocenters. The van der Waals surface area contributed by atoms with Gasteiger partial charge >= 0.3 is 11.8 Å². The van der Waals surface area contributed by atoms with Crippen molar-refractivity contribution in [2.75, 3.05) is 13.1 Å². The summed E-state index contributed by atoms with van der Waals surface area (Å²) in [5, 5.41) is 3.75. The number of benzene rings is 1. The Hall–Kier alpha value is -2.61. The normalized spacial score (nSPS) is 12.4. The maximum atomic E-state index is 13.0. The van der Waals surface area contributed by atoms with Crippen molar-refractivity contribution >= 4 is 21.7 Å². The smallest absolute Gasteiger partial charge is 0.309 e. The Morgan fingerprint density at radius 3 is 2.33 bits per heavy atom. The molecule has 0 aliphatic rings. The Labute approximate surface area is 159 Å². The molecule has 0 radical (unpaired) electrons. The molecule has 0 aliphatic heterocycles. The van der Waals surface area contributed by atoms with E-state index in [4.69, 9.17) is 4.42 Å². The molecule has 0 bridgehead atoms. The van der Waals surface area contributed by atoms with Crippen molar-refractivity contribution in [3.63, 3.8) is 0 Å². The molecule has 146 valence electrons. The fraction of sp³-hybridized carbons (Fsp3) is 0.368. The largest absolute Gasteiger partial charge is 0.468 e. The van der Waals surface area contributed by atoms with Crippen LogP contribution in [0, 0.1) is 6.92 Å². The molecule has 1 aromatic heterocycles. The summed E-state index contributed by atoms with van der Waals surface area (Å²) in [7, 11) is -3.82. The Morgan fingerprint density at radius 2 is 1.74 bits per heavy atom. The van der Waals surface area contributed by atoms with E-state index >= 15 is 0 Å². The fourth-order valence-corrected chi connectivity index (χ4v) is 4.04. The third kappa shape index (κ3) is 5.43. The van der Waals surface area contributed by atoms with Crippen LogP contribution >= 0.6 is 0 Å². The first kappa shape index (κ1) is 20.7. The van der Waals surface area contributed by atoms with Crippen LogP contribution in [0.4, 0.5) is 0 Å². The Kier molecular flexibility index (Phi) is 7.18. The molecular formula is C19H24N2O5S. The van der Waals surface area contributed by atoms with Gasteiger partial charge in [0.25, 0.3) is 0 Å². The summed E-state index contributed by atoms with van der Waals surface area (Å²) >= 11 is 0. The number of hydrogen-bond acceptors (Lipinski definition) is 5. The number of nitrogens with one attached hydrogen (secondary N) is 2. The molecule has 0 aliphatic carbocycles. The van der Waals surface area contributed by atoms with Gasteiger partial charge in [-0.15, -0.1) is 0 Å². The van der Waals surface area contributed by atoms with Crippen LogP contribution in [0.1, 0.15) is 36.3 Å².